The monoisotopic (exact) mass is 314 g/mol. The number of nitrogens with zero attached hydrogens (tertiary/aromatic N) is 2. The second kappa shape index (κ2) is 5.86. The van der Waals surface area contributed by atoms with Crippen LogP contribution in [0.4, 0.5) is 4.79 Å². The standard InChI is InChI=1S/C18H22N2O3/c1-18(2,3)23-17(21)20-7-6-15-12(8-19)4-5-13-10-22-11-14(9-20)16(13)15/h4-5,14H,6-7,9-11H2,1-3H3. The van der Waals surface area contributed by atoms with Crippen LogP contribution in [0, 0.1) is 11.3 Å². The summed E-state index contributed by atoms with van der Waals surface area (Å²) in [4.78, 5) is 14.2. The Morgan fingerprint density at radius 1 is 1.43 bits per heavy atom. The van der Waals surface area contributed by atoms with Crippen LogP contribution < -0.4 is 0 Å². The van der Waals surface area contributed by atoms with Crippen molar-refractivity contribution in [1.82, 2.24) is 4.90 Å². The number of benzene rings is 1. The summed E-state index contributed by atoms with van der Waals surface area (Å²) >= 11 is 0. The van der Waals surface area contributed by atoms with Gasteiger partial charge in [-0.2, -0.15) is 5.26 Å². The van der Waals surface area contributed by atoms with Gasteiger partial charge in [-0.25, -0.2) is 4.79 Å². The molecule has 3 rings (SSSR count). The van der Waals surface area contributed by atoms with Crippen molar-refractivity contribution < 1.29 is 14.3 Å². The maximum absolute atomic E-state index is 12.4. The molecule has 0 radical (unpaired) electrons. The SMILES string of the molecule is CC(C)(C)OC(=O)N1CCc2c(C#N)ccc3c2C(COC3)C1. The normalized spacial score (nSPS) is 20.3. The van der Waals surface area contributed by atoms with Crippen LogP contribution in [0.15, 0.2) is 12.1 Å². The van der Waals surface area contributed by atoms with Gasteiger partial charge in [0.05, 0.1) is 24.8 Å². The number of carbonyl (C=O) groups excluding carboxylic acids is 1. The van der Waals surface area contributed by atoms with E-state index in [9.17, 15) is 10.1 Å². The molecule has 0 aromatic heterocycles. The van der Waals surface area contributed by atoms with Gasteiger partial charge in [-0.1, -0.05) is 6.07 Å². The summed E-state index contributed by atoms with van der Waals surface area (Å²) in [5.41, 5.74) is 3.62. The Morgan fingerprint density at radius 2 is 2.22 bits per heavy atom. The first kappa shape index (κ1) is 15.8. The van der Waals surface area contributed by atoms with Gasteiger partial charge in [-0.05, 0) is 49.9 Å². The first-order valence-electron chi connectivity index (χ1n) is 7.99. The quantitative estimate of drug-likeness (QED) is 0.738. The minimum atomic E-state index is -0.512. The van der Waals surface area contributed by atoms with Gasteiger partial charge in [0.1, 0.15) is 5.60 Å². The molecule has 122 valence electrons. The highest BCUT2D eigenvalue weighted by molar-refractivity contribution is 5.68. The topological polar surface area (TPSA) is 62.6 Å². The van der Waals surface area contributed by atoms with Crippen LogP contribution in [0.5, 0.6) is 0 Å². The van der Waals surface area contributed by atoms with Crippen molar-refractivity contribution >= 4 is 6.09 Å². The van der Waals surface area contributed by atoms with Gasteiger partial charge >= 0.3 is 6.09 Å². The number of amides is 1. The van der Waals surface area contributed by atoms with E-state index < -0.39 is 5.60 Å². The van der Waals surface area contributed by atoms with Crippen LogP contribution in [0.1, 0.15) is 48.9 Å². The summed E-state index contributed by atoms with van der Waals surface area (Å²) in [5, 5.41) is 9.39. The molecule has 1 aromatic rings. The predicted octanol–water partition coefficient (Wildman–Crippen LogP) is 2.97. The van der Waals surface area contributed by atoms with E-state index in [0.717, 1.165) is 11.1 Å². The van der Waals surface area contributed by atoms with Crippen molar-refractivity contribution in [2.75, 3.05) is 19.7 Å². The lowest BCUT2D eigenvalue weighted by atomic mass is 9.86. The molecule has 1 atom stereocenters. The number of hydrogen-bond acceptors (Lipinski definition) is 4. The average Bonchev–Trinajstić information content (AvgIpc) is 2.68. The largest absolute Gasteiger partial charge is 0.444 e. The smallest absolute Gasteiger partial charge is 0.410 e. The lowest BCUT2D eigenvalue weighted by Crippen LogP contribution is -2.40. The fourth-order valence-electron chi connectivity index (χ4n) is 3.36. The van der Waals surface area contributed by atoms with E-state index >= 15 is 0 Å². The van der Waals surface area contributed by atoms with E-state index in [1.54, 1.807) is 4.90 Å². The molecule has 0 N–H and O–H groups in total. The van der Waals surface area contributed by atoms with Crippen molar-refractivity contribution in [2.45, 2.75) is 45.3 Å². The maximum Gasteiger partial charge on any atom is 0.410 e. The van der Waals surface area contributed by atoms with Gasteiger partial charge in [0.15, 0.2) is 0 Å². The second-order valence-corrected chi connectivity index (χ2v) is 7.16. The Hall–Kier alpha value is -2.06. The molecule has 1 unspecified atom stereocenters. The molecule has 0 aliphatic carbocycles. The Bertz CT molecular complexity index is 670. The van der Waals surface area contributed by atoms with Crippen LogP contribution in [0.2, 0.25) is 0 Å². The van der Waals surface area contributed by atoms with Gasteiger partial charge in [0, 0.05) is 19.0 Å². The lowest BCUT2D eigenvalue weighted by molar-refractivity contribution is 0.0201. The van der Waals surface area contributed by atoms with Crippen LogP contribution >= 0.6 is 0 Å². The molecule has 1 amide bonds. The number of ether oxygens (including phenoxy) is 2. The summed E-state index contributed by atoms with van der Waals surface area (Å²) < 4.78 is 11.2. The fraction of sp³-hybridized carbons (Fsp3) is 0.556. The van der Waals surface area contributed by atoms with E-state index in [-0.39, 0.29) is 12.0 Å². The number of carbonyl (C=O) groups is 1. The highest BCUT2D eigenvalue weighted by Crippen LogP contribution is 2.35. The molecule has 2 heterocycles. The van der Waals surface area contributed by atoms with Gasteiger partial charge in [-0.15, -0.1) is 0 Å². The molecule has 0 saturated heterocycles. The minimum absolute atomic E-state index is 0.108. The molecule has 5 heteroatoms. The minimum Gasteiger partial charge on any atom is -0.444 e. The van der Waals surface area contributed by atoms with Crippen molar-refractivity contribution in [3.63, 3.8) is 0 Å². The van der Waals surface area contributed by atoms with Crippen molar-refractivity contribution in [3.8, 4) is 6.07 Å². The summed E-state index contributed by atoms with van der Waals surface area (Å²) in [6, 6.07) is 6.13. The highest BCUT2D eigenvalue weighted by Gasteiger charge is 2.33. The fourth-order valence-corrected chi connectivity index (χ4v) is 3.36. The van der Waals surface area contributed by atoms with Gasteiger partial charge < -0.3 is 14.4 Å². The number of hydrogen-bond donors (Lipinski definition) is 0. The Balaban J connectivity index is 1.92. The number of rotatable bonds is 0. The van der Waals surface area contributed by atoms with E-state index in [1.165, 1.54) is 5.56 Å². The summed E-state index contributed by atoms with van der Waals surface area (Å²) in [6.07, 6.45) is 0.387. The summed E-state index contributed by atoms with van der Waals surface area (Å²) in [5.74, 6) is 0.108. The molecule has 0 saturated carbocycles. The molecule has 2 aliphatic rings. The zero-order chi connectivity index (χ0) is 16.6. The zero-order valence-corrected chi connectivity index (χ0v) is 13.9. The molecule has 0 bridgehead atoms. The van der Waals surface area contributed by atoms with E-state index in [1.807, 2.05) is 32.9 Å². The van der Waals surface area contributed by atoms with Crippen molar-refractivity contribution in [1.29, 1.82) is 5.26 Å². The highest BCUT2D eigenvalue weighted by atomic mass is 16.6. The van der Waals surface area contributed by atoms with Gasteiger partial charge in [-0.3, -0.25) is 0 Å². The predicted molar refractivity (Wildman–Crippen MR) is 85.1 cm³/mol. The van der Waals surface area contributed by atoms with Gasteiger partial charge in [0.25, 0.3) is 0 Å². The molecular weight excluding hydrogens is 292 g/mol. The van der Waals surface area contributed by atoms with E-state index in [0.29, 0.717) is 38.3 Å². The third-order valence-electron chi connectivity index (χ3n) is 4.28. The molecular formula is C18H22N2O3. The average molecular weight is 314 g/mol. The summed E-state index contributed by atoms with van der Waals surface area (Å²) in [7, 11) is 0. The first-order chi connectivity index (χ1) is 10.9. The van der Waals surface area contributed by atoms with Crippen molar-refractivity contribution in [2.24, 2.45) is 0 Å². The number of nitriles is 1. The maximum atomic E-state index is 12.4. The third-order valence-corrected chi connectivity index (χ3v) is 4.28. The molecule has 5 nitrogen and oxygen atoms in total. The Morgan fingerprint density at radius 3 is 2.91 bits per heavy atom. The third kappa shape index (κ3) is 3.18. The molecule has 0 spiro atoms. The van der Waals surface area contributed by atoms with Crippen LogP contribution in [0.25, 0.3) is 0 Å². The van der Waals surface area contributed by atoms with Gasteiger partial charge in [0.2, 0.25) is 0 Å². The Labute approximate surface area is 136 Å². The van der Waals surface area contributed by atoms with E-state index in [4.69, 9.17) is 9.47 Å². The second-order valence-electron chi connectivity index (χ2n) is 7.16. The molecule has 2 aliphatic heterocycles. The van der Waals surface area contributed by atoms with Crippen LogP contribution in [-0.4, -0.2) is 36.3 Å². The molecule has 1 aromatic carbocycles. The van der Waals surface area contributed by atoms with Crippen LogP contribution in [0.3, 0.4) is 0 Å². The lowest BCUT2D eigenvalue weighted by Gasteiger charge is -2.30. The van der Waals surface area contributed by atoms with Crippen LogP contribution in [-0.2, 0) is 22.5 Å². The zero-order valence-electron chi connectivity index (χ0n) is 13.9. The molecule has 0 fully saturated rings. The summed E-state index contributed by atoms with van der Waals surface area (Å²) in [6.45, 7) is 7.90. The van der Waals surface area contributed by atoms with E-state index in [2.05, 4.69) is 6.07 Å². The Kier molecular flexibility index (Phi) is 4.03. The molecule has 23 heavy (non-hydrogen) atoms. The van der Waals surface area contributed by atoms with Crippen molar-refractivity contribution in [3.05, 3.63) is 34.4 Å². The first-order valence-corrected chi connectivity index (χ1v) is 7.99.